The first kappa shape index (κ1) is 28.6. The van der Waals surface area contributed by atoms with Crippen LogP contribution in [-0.4, -0.2) is 52.7 Å². The van der Waals surface area contributed by atoms with Crippen LogP contribution in [0.1, 0.15) is 40.0 Å². The Bertz CT molecular complexity index is 1480. The van der Waals surface area contributed by atoms with Gasteiger partial charge in [-0.05, 0) is 51.9 Å². The summed E-state index contributed by atoms with van der Waals surface area (Å²) in [6.07, 6.45) is 3.33. The molecule has 10 heteroatoms. The molecule has 2 fully saturated rings. The van der Waals surface area contributed by atoms with Gasteiger partial charge >= 0.3 is 0 Å². The van der Waals surface area contributed by atoms with Crippen molar-refractivity contribution in [3.05, 3.63) is 81.9 Å². The van der Waals surface area contributed by atoms with E-state index in [-0.39, 0.29) is 27.9 Å². The molecule has 6 rings (SSSR count). The van der Waals surface area contributed by atoms with Gasteiger partial charge in [0.1, 0.15) is 34.7 Å². The first-order chi connectivity index (χ1) is 19.0. The summed E-state index contributed by atoms with van der Waals surface area (Å²) in [6, 6.07) is 21.5. The van der Waals surface area contributed by atoms with Crippen molar-refractivity contribution in [2.75, 3.05) is 6.61 Å². The zero-order valence-corrected chi connectivity index (χ0v) is 27.9. The maximum absolute atomic E-state index is 7.35. The third-order valence-corrected chi connectivity index (χ3v) is 15.4. The largest absolute Gasteiger partial charge is 0.406 e. The third-order valence-electron chi connectivity index (χ3n) is 7.80. The number of hydrogen-bond donors (Lipinski definition) is 0. The molecular formula is C30H33ClIN3O3SSi. The van der Waals surface area contributed by atoms with Crippen LogP contribution in [0.3, 0.4) is 0 Å². The monoisotopic (exact) mass is 705 g/mol. The predicted molar refractivity (Wildman–Crippen MR) is 173 cm³/mol. The molecule has 2 aliphatic rings. The standard InChI is InChI=1S/C30H33ClIN3O3SSi/c1-29(2,3)40(19-12-8-6-9-13-19,20-14-10-7-11-15-20)36-17-22-24-25(38-30(4,5)37-24)28(39-22)35-16-21(32)23-26(31)33-18-34-27(23)35/h6-16,18,22,24-25,28H,17H2,1-5H3/t22-,24-,25-,28-/m1/s1. The molecule has 0 radical (unpaired) electrons. The Morgan fingerprint density at radius 1 is 1.00 bits per heavy atom. The lowest BCUT2D eigenvalue weighted by molar-refractivity contribution is -0.149. The van der Waals surface area contributed by atoms with E-state index in [1.807, 2.05) is 25.6 Å². The number of ether oxygens (including phenoxy) is 2. The first-order valence-electron chi connectivity index (χ1n) is 13.4. The molecule has 0 saturated carbocycles. The topological polar surface area (TPSA) is 58.4 Å². The molecule has 4 atom stereocenters. The van der Waals surface area contributed by atoms with Crippen LogP contribution in [0.15, 0.2) is 73.2 Å². The van der Waals surface area contributed by atoms with Crippen LogP contribution >= 0.6 is 46.0 Å². The van der Waals surface area contributed by atoms with Crippen LogP contribution in [0.4, 0.5) is 0 Å². The van der Waals surface area contributed by atoms with E-state index in [2.05, 4.69) is 125 Å². The summed E-state index contributed by atoms with van der Waals surface area (Å²) in [4.78, 5) is 8.82. The lowest BCUT2D eigenvalue weighted by Crippen LogP contribution is -2.67. The van der Waals surface area contributed by atoms with Gasteiger partial charge in [0.05, 0.1) is 10.6 Å². The number of halogens is 2. The maximum Gasteiger partial charge on any atom is 0.261 e. The molecule has 4 heterocycles. The molecule has 0 amide bonds. The molecule has 0 unspecified atom stereocenters. The molecule has 6 nitrogen and oxygen atoms in total. The molecule has 4 aromatic rings. The highest BCUT2D eigenvalue weighted by Gasteiger charge is 2.57. The summed E-state index contributed by atoms with van der Waals surface area (Å²) in [5.74, 6) is -0.688. The number of aromatic nitrogens is 3. The molecule has 0 spiro atoms. The number of fused-ring (bicyclic) bond motifs is 2. The van der Waals surface area contributed by atoms with Gasteiger partial charge < -0.3 is 18.5 Å². The summed E-state index contributed by atoms with van der Waals surface area (Å²) in [5, 5.41) is 3.78. The fraction of sp³-hybridized carbons (Fsp3) is 0.400. The van der Waals surface area contributed by atoms with Crippen molar-refractivity contribution in [1.82, 2.24) is 14.5 Å². The lowest BCUT2D eigenvalue weighted by Gasteiger charge is -2.43. The Hall–Kier alpha value is -1.47. The van der Waals surface area contributed by atoms with E-state index in [0.717, 1.165) is 14.6 Å². The third kappa shape index (κ3) is 4.85. The molecule has 210 valence electrons. The molecule has 2 aromatic heterocycles. The second-order valence-corrected chi connectivity index (χ2v) is 19.0. The summed E-state index contributed by atoms with van der Waals surface area (Å²) in [6.45, 7) is 11.4. The van der Waals surface area contributed by atoms with Crippen LogP contribution in [0.5, 0.6) is 0 Å². The lowest BCUT2D eigenvalue weighted by atomic mass is 10.1. The molecule has 2 saturated heterocycles. The molecular weight excluding hydrogens is 673 g/mol. The Balaban J connectivity index is 1.39. The van der Waals surface area contributed by atoms with Gasteiger partial charge in [-0.1, -0.05) is 93.0 Å². The van der Waals surface area contributed by atoms with Crippen LogP contribution in [0, 0.1) is 3.57 Å². The smallest absolute Gasteiger partial charge is 0.261 e. The van der Waals surface area contributed by atoms with Gasteiger partial charge in [0.25, 0.3) is 8.32 Å². The van der Waals surface area contributed by atoms with Crippen molar-refractivity contribution in [2.45, 2.75) is 68.3 Å². The molecule has 0 bridgehead atoms. The minimum absolute atomic E-state index is 0.0449. The minimum Gasteiger partial charge on any atom is -0.406 e. The highest BCUT2D eigenvalue weighted by atomic mass is 127. The van der Waals surface area contributed by atoms with Gasteiger partial charge in [-0.2, -0.15) is 0 Å². The van der Waals surface area contributed by atoms with E-state index in [1.54, 1.807) is 0 Å². The van der Waals surface area contributed by atoms with Gasteiger partial charge in [-0.25, -0.2) is 9.97 Å². The van der Waals surface area contributed by atoms with Gasteiger partial charge in [0.15, 0.2) is 5.79 Å². The van der Waals surface area contributed by atoms with Crippen LogP contribution < -0.4 is 10.4 Å². The Morgan fingerprint density at radius 2 is 1.60 bits per heavy atom. The molecule has 0 aliphatic carbocycles. The van der Waals surface area contributed by atoms with Crippen molar-refractivity contribution in [1.29, 1.82) is 0 Å². The van der Waals surface area contributed by atoms with E-state index in [0.29, 0.717) is 11.8 Å². The fourth-order valence-corrected chi connectivity index (χ4v) is 13.6. The van der Waals surface area contributed by atoms with Crippen LogP contribution in [0.25, 0.3) is 11.0 Å². The summed E-state index contributed by atoms with van der Waals surface area (Å²) >= 11 is 10.6. The van der Waals surface area contributed by atoms with Gasteiger partial charge in [0.2, 0.25) is 0 Å². The first-order valence-corrected chi connectivity index (χ1v) is 17.8. The Kier molecular flexibility index (Phi) is 7.63. The average Bonchev–Trinajstić information content (AvgIpc) is 3.53. The van der Waals surface area contributed by atoms with Crippen LogP contribution in [0.2, 0.25) is 10.2 Å². The number of benzene rings is 2. The second-order valence-electron chi connectivity index (χ2n) is 11.9. The highest BCUT2D eigenvalue weighted by Crippen LogP contribution is 2.52. The zero-order valence-electron chi connectivity index (χ0n) is 23.2. The Labute approximate surface area is 259 Å². The van der Waals surface area contributed by atoms with Crippen molar-refractivity contribution in [2.24, 2.45) is 0 Å². The summed E-state index contributed by atoms with van der Waals surface area (Å²) in [7, 11) is -2.70. The number of rotatable bonds is 6. The van der Waals surface area contributed by atoms with E-state index >= 15 is 0 Å². The fourth-order valence-electron chi connectivity index (χ4n) is 6.18. The zero-order chi connectivity index (χ0) is 28.3. The van der Waals surface area contributed by atoms with E-state index in [9.17, 15) is 0 Å². The summed E-state index contributed by atoms with van der Waals surface area (Å²) < 4.78 is 23.6. The van der Waals surface area contributed by atoms with Crippen molar-refractivity contribution < 1.29 is 13.9 Å². The molecule has 2 aliphatic heterocycles. The van der Waals surface area contributed by atoms with Crippen molar-refractivity contribution in [3.8, 4) is 0 Å². The normalized spacial score (nSPS) is 24.5. The Morgan fingerprint density at radius 3 is 2.20 bits per heavy atom. The van der Waals surface area contributed by atoms with Gasteiger partial charge in [-0.15, -0.1) is 11.8 Å². The quantitative estimate of drug-likeness (QED) is 0.132. The molecule has 0 N–H and O–H groups in total. The highest BCUT2D eigenvalue weighted by molar-refractivity contribution is 14.1. The van der Waals surface area contributed by atoms with E-state index in [1.165, 1.54) is 16.7 Å². The van der Waals surface area contributed by atoms with Gasteiger partial charge in [0, 0.05) is 16.4 Å². The predicted octanol–water partition coefficient (Wildman–Crippen LogP) is 6.40. The molecule has 2 aromatic carbocycles. The van der Waals surface area contributed by atoms with E-state index < -0.39 is 14.1 Å². The SMILES string of the molecule is CC1(C)O[C@@H]2[C@H](O1)[C@@H](CO[Si](c1ccccc1)(c1ccccc1)C(C)(C)C)S[C@H]2n1cc(I)c2c(Cl)ncnc21. The van der Waals surface area contributed by atoms with E-state index in [4.69, 9.17) is 25.5 Å². The average molecular weight is 706 g/mol. The number of nitrogens with zero attached hydrogens (tertiary/aromatic N) is 3. The minimum atomic E-state index is -2.70. The van der Waals surface area contributed by atoms with Crippen LogP contribution in [-0.2, 0) is 13.9 Å². The summed E-state index contributed by atoms with van der Waals surface area (Å²) in [5.41, 5.74) is 0.808. The van der Waals surface area contributed by atoms with Gasteiger partial charge in [-0.3, -0.25) is 0 Å². The second kappa shape index (κ2) is 10.7. The van der Waals surface area contributed by atoms with Crippen molar-refractivity contribution in [3.63, 3.8) is 0 Å². The number of hydrogen-bond acceptors (Lipinski definition) is 6. The molecule has 40 heavy (non-hydrogen) atoms. The number of thioether (sulfide) groups is 1. The maximum atomic E-state index is 7.35. The van der Waals surface area contributed by atoms with Crippen molar-refractivity contribution >= 4 is 75.7 Å².